The first-order valence-electron chi connectivity index (χ1n) is 9.80. The van der Waals surface area contributed by atoms with Crippen molar-refractivity contribution in [1.29, 1.82) is 0 Å². The summed E-state index contributed by atoms with van der Waals surface area (Å²) >= 11 is 6.20. The summed E-state index contributed by atoms with van der Waals surface area (Å²) in [4.78, 5) is 21.1. The Hall–Kier alpha value is -1.83. The van der Waals surface area contributed by atoms with Crippen molar-refractivity contribution < 1.29 is 13.6 Å². The third-order valence-corrected chi connectivity index (χ3v) is 6.46. The molecule has 3 aliphatic heterocycles. The SMILES string of the molecule is CC1CN(C2=NN=C(Cl)C3C=CN=CC23)CCN1C(=O)C1CCC(F)(F)CC1. The van der Waals surface area contributed by atoms with Crippen molar-refractivity contribution in [2.24, 2.45) is 32.9 Å². The maximum atomic E-state index is 13.4. The van der Waals surface area contributed by atoms with Gasteiger partial charge in [0.05, 0.1) is 5.92 Å². The number of fused-ring (bicyclic) bond motifs is 1. The lowest BCUT2D eigenvalue weighted by Crippen LogP contribution is -2.58. The van der Waals surface area contributed by atoms with E-state index in [4.69, 9.17) is 11.6 Å². The fourth-order valence-electron chi connectivity index (χ4n) is 4.47. The van der Waals surface area contributed by atoms with Gasteiger partial charge in [-0.2, -0.15) is 0 Å². The summed E-state index contributed by atoms with van der Waals surface area (Å²) in [6.07, 6.45) is 5.64. The van der Waals surface area contributed by atoms with Crippen LogP contribution in [-0.2, 0) is 4.79 Å². The van der Waals surface area contributed by atoms with Gasteiger partial charge < -0.3 is 9.80 Å². The van der Waals surface area contributed by atoms with Gasteiger partial charge in [0, 0.05) is 62.8 Å². The molecule has 1 aliphatic carbocycles. The molecular weight excluding hydrogens is 388 g/mol. The van der Waals surface area contributed by atoms with Gasteiger partial charge in [0.1, 0.15) is 11.0 Å². The molecule has 1 amide bonds. The van der Waals surface area contributed by atoms with E-state index in [1.54, 1.807) is 6.20 Å². The number of carbonyl (C=O) groups excluding carboxylic acids is 1. The van der Waals surface area contributed by atoms with Crippen molar-refractivity contribution in [3.8, 4) is 0 Å². The Labute approximate surface area is 168 Å². The molecule has 0 radical (unpaired) electrons. The lowest BCUT2D eigenvalue weighted by Gasteiger charge is -2.44. The van der Waals surface area contributed by atoms with Gasteiger partial charge in [0.25, 0.3) is 0 Å². The van der Waals surface area contributed by atoms with Gasteiger partial charge in [-0.15, -0.1) is 10.2 Å². The molecule has 2 fully saturated rings. The molecular formula is C19H24ClF2N5O. The lowest BCUT2D eigenvalue weighted by atomic mass is 9.85. The maximum Gasteiger partial charge on any atom is 0.248 e. The van der Waals surface area contributed by atoms with E-state index < -0.39 is 5.92 Å². The van der Waals surface area contributed by atoms with E-state index in [-0.39, 0.29) is 55.4 Å². The van der Waals surface area contributed by atoms with Gasteiger partial charge in [-0.1, -0.05) is 17.7 Å². The van der Waals surface area contributed by atoms with Crippen LogP contribution in [0.15, 0.2) is 27.5 Å². The number of amidine groups is 1. The van der Waals surface area contributed by atoms with Crippen LogP contribution in [0.25, 0.3) is 0 Å². The molecule has 9 heteroatoms. The number of allylic oxidation sites excluding steroid dienone is 1. The number of halogens is 3. The van der Waals surface area contributed by atoms with Crippen molar-refractivity contribution in [1.82, 2.24) is 9.80 Å². The minimum atomic E-state index is -2.62. The second-order valence-corrected chi connectivity index (χ2v) is 8.42. The van der Waals surface area contributed by atoms with E-state index in [2.05, 4.69) is 20.1 Å². The lowest BCUT2D eigenvalue weighted by molar-refractivity contribution is -0.143. The largest absolute Gasteiger partial charge is 0.354 e. The van der Waals surface area contributed by atoms with Crippen LogP contribution in [0, 0.1) is 17.8 Å². The first-order valence-corrected chi connectivity index (χ1v) is 10.2. The maximum absolute atomic E-state index is 13.4. The number of hydrogen-bond donors (Lipinski definition) is 0. The fourth-order valence-corrected chi connectivity index (χ4v) is 4.72. The van der Waals surface area contributed by atoms with Crippen LogP contribution in [0.4, 0.5) is 8.78 Å². The number of aliphatic imine (C=N–C) groups is 1. The summed E-state index contributed by atoms with van der Waals surface area (Å²) in [5, 5.41) is 8.87. The monoisotopic (exact) mass is 411 g/mol. The number of nitrogens with zero attached hydrogens (tertiary/aromatic N) is 5. The minimum Gasteiger partial charge on any atom is -0.354 e. The van der Waals surface area contributed by atoms with Crippen LogP contribution in [0.1, 0.15) is 32.6 Å². The van der Waals surface area contributed by atoms with E-state index in [9.17, 15) is 13.6 Å². The van der Waals surface area contributed by atoms with E-state index in [1.807, 2.05) is 24.1 Å². The first kappa shape index (κ1) is 19.5. The zero-order valence-corrected chi connectivity index (χ0v) is 16.5. The summed E-state index contributed by atoms with van der Waals surface area (Å²) < 4.78 is 26.8. The molecule has 3 heterocycles. The van der Waals surface area contributed by atoms with E-state index >= 15 is 0 Å². The highest BCUT2D eigenvalue weighted by molar-refractivity contribution is 6.66. The molecule has 0 aromatic heterocycles. The van der Waals surface area contributed by atoms with Crippen LogP contribution in [0.2, 0.25) is 0 Å². The Balaban J connectivity index is 1.41. The van der Waals surface area contributed by atoms with Crippen LogP contribution < -0.4 is 0 Å². The number of hydrogen-bond acceptors (Lipinski definition) is 5. The molecule has 0 spiro atoms. The average molecular weight is 412 g/mol. The molecule has 152 valence electrons. The highest BCUT2D eigenvalue weighted by Crippen LogP contribution is 2.37. The molecule has 1 saturated heterocycles. The van der Waals surface area contributed by atoms with Gasteiger partial charge in [0.15, 0.2) is 0 Å². The number of rotatable bonds is 1. The zero-order chi connectivity index (χ0) is 19.9. The second kappa shape index (κ2) is 7.54. The van der Waals surface area contributed by atoms with E-state index in [1.165, 1.54) is 0 Å². The Bertz CT molecular complexity index is 755. The average Bonchev–Trinajstić information content (AvgIpc) is 2.68. The molecule has 3 unspecified atom stereocenters. The predicted molar refractivity (Wildman–Crippen MR) is 105 cm³/mol. The van der Waals surface area contributed by atoms with Gasteiger partial charge >= 0.3 is 0 Å². The van der Waals surface area contributed by atoms with E-state index in [0.717, 1.165) is 5.84 Å². The summed E-state index contributed by atoms with van der Waals surface area (Å²) in [6.45, 7) is 3.80. The molecule has 6 nitrogen and oxygen atoms in total. The number of piperazine rings is 1. The van der Waals surface area contributed by atoms with Crippen molar-refractivity contribution in [3.63, 3.8) is 0 Å². The predicted octanol–water partition coefficient (Wildman–Crippen LogP) is 3.14. The molecule has 1 saturated carbocycles. The highest BCUT2D eigenvalue weighted by Gasteiger charge is 2.41. The molecule has 28 heavy (non-hydrogen) atoms. The molecule has 0 aromatic carbocycles. The first-order chi connectivity index (χ1) is 13.4. The standard InChI is InChI=1S/C19H24ClF2N5O/c1-12-11-26(17-15-10-23-7-4-14(15)16(20)24-25-17)8-9-27(12)18(28)13-2-5-19(21,22)6-3-13/h4,7,10,12-15H,2-3,5-6,8-9,11H2,1H3. The molecule has 0 aromatic rings. The normalized spacial score (nSPS) is 32.6. The summed E-state index contributed by atoms with van der Waals surface area (Å²) in [6, 6.07) is -0.0257. The van der Waals surface area contributed by atoms with Crippen LogP contribution >= 0.6 is 11.6 Å². The molecule has 4 rings (SSSR count). The quantitative estimate of drug-likeness (QED) is 0.665. The van der Waals surface area contributed by atoms with Gasteiger partial charge in [0.2, 0.25) is 11.8 Å². The second-order valence-electron chi connectivity index (χ2n) is 8.03. The molecule has 4 aliphatic rings. The Morgan fingerprint density at radius 1 is 1.21 bits per heavy atom. The van der Waals surface area contributed by atoms with Crippen LogP contribution in [0.5, 0.6) is 0 Å². The number of carbonyl (C=O) groups is 1. The van der Waals surface area contributed by atoms with E-state index in [0.29, 0.717) is 24.8 Å². The molecule has 0 N–H and O–H groups in total. The third kappa shape index (κ3) is 3.71. The van der Waals surface area contributed by atoms with Crippen molar-refractivity contribution in [3.05, 3.63) is 12.3 Å². The van der Waals surface area contributed by atoms with Gasteiger partial charge in [-0.05, 0) is 19.8 Å². The fraction of sp³-hybridized carbons (Fsp3) is 0.684. The summed E-state index contributed by atoms with van der Waals surface area (Å²) in [5.74, 6) is -2.18. The molecule has 0 bridgehead atoms. The Morgan fingerprint density at radius 3 is 2.68 bits per heavy atom. The van der Waals surface area contributed by atoms with Crippen molar-refractivity contribution in [2.45, 2.75) is 44.6 Å². The van der Waals surface area contributed by atoms with Crippen LogP contribution in [0.3, 0.4) is 0 Å². The van der Waals surface area contributed by atoms with Crippen molar-refractivity contribution >= 4 is 34.7 Å². The van der Waals surface area contributed by atoms with Crippen LogP contribution in [-0.4, -0.2) is 64.5 Å². The number of amides is 1. The molecule has 3 atom stereocenters. The van der Waals surface area contributed by atoms with Crippen molar-refractivity contribution in [2.75, 3.05) is 19.6 Å². The highest BCUT2D eigenvalue weighted by atomic mass is 35.5. The topological polar surface area (TPSA) is 60.6 Å². The zero-order valence-electron chi connectivity index (χ0n) is 15.8. The Morgan fingerprint density at radius 2 is 1.96 bits per heavy atom. The minimum absolute atomic E-state index is 0.00865. The third-order valence-electron chi connectivity index (χ3n) is 6.14. The number of alkyl halides is 2. The summed E-state index contributed by atoms with van der Waals surface area (Å²) in [7, 11) is 0. The Kier molecular flexibility index (Phi) is 5.24. The smallest absolute Gasteiger partial charge is 0.248 e. The van der Waals surface area contributed by atoms with Gasteiger partial charge in [-0.3, -0.25) is 9.79 Å². The summed E-state index contributed by atoms with van der Waals surface area (Å²) in [5.41, 5.74) is 0. The van der Waals surface area contributed by atoms with Gasteiger partial charge in [-0.25, -0.2) is 8.78 Å².